The molecule has 2 amide bonds. The highest BCUT2D eigenvalue weighted by Gasteiger charge is 2.37. The van der Waals surface area contributed by atoms with E-state index in [1.807, 2.05) is 13.8 Å². The zero-order valence-electron chi connectivity index (χ0n) is 17.6. The van der Waals surface area contributed by atoms with Gasteiger partial charge in [-0.25, -0.2) is 0 Å². The SMILES string of the molecule is CC(C)c1nc(CNC(=O)C2CCCN(C3CCN(C(=O)C4CC4)CC3)C2)no1. The van der Waals surface area contributed by atoms with Gasteiger partial charge >= 0.3 is 0 Å². The first-order chi connectivity index (χ1) is 14.0. The van der Waals surface area contributed by atoms with E-state index in [-0.39, 0.29) is 17.7 Å². The molecular formula is C21H33N5O3. The summed E-state index contributed by atoms with van der Waals surface area (Å²) in [5, 5.41) is 6.92. The Morgan fingerprint density at radius 3 is 2.52 bits per heavy atom. The average molecular weight is 404 g/mol. The number of nitrogens with zero attached hydrogens (tertiary/aromatic N) is 4. The van der Waals surface area contributed by atoms with Gasteiger partial charge in [-0.15, -0.1) is 0 Å². The molecule has 8 nitrogen and oxygen atoms in total. The predicted molar refractivity (Wildman–Crippen MR) is 107 cm³/mol. The molecule has 1 aromatic heterocycles. The lowest BCUT2D eigenvalue weighted by atomic mass is 9.93. The van der Waals surface area contributed by atoms with Gasteiger partial charge in [-0.2, -0.15) is 4.98 Å². The van der Waals surface area contributed by atoms with Crippen molar-refractivity contribution in [2.24, 2.45) is 11.8 Å². The number of nitrogens with one attached hydrogen (secondary N) is 1. The van der Waals surface area contributed by atoms with Crippen LogP contribution in [0.1, 0.15) is 70.0 Å². The Balaban J connectivity index is 1.23. The number of carbonyl (C=O) groups excluding carboxylic acids is 2. The molecule has 1 atom stereocenters. The van der Waals surface area contributed by atoms with Crippen molar-refractivity contribution in [1.82, 2.24) is 25.3 Å². The van der Waals surface area contributed by atoms with E-state index in [9.17, 15) is 9.59 Å². The molecule has 160 valence electrons. The fourth-order valence-electron chi connectivity index (χ4n) is 4.48. The van der Waals surface area contributed by atoms with Gasteiger partial charge in [0.15, 0.2) is 5.82 Å². The summed E-state index contributed by atoms with van der Waals surface area (Å²) in [7, 11) is 0. The van der Waals surface area contributed by atoms with Gasteiger partial charge in [0.05, 0.1) is 12.5 Å². The van der Waals surface area contributed by atoms with Crippen LogP contribution in [0.25, 0.3) is 0 Å². The Morgan fingerprint density at radius 1 is 1.10 bits per heavy atom. The minimum Gasteiger partial charge on any atom is -0.348 e. The van der Waals surface area contributed by atoms with Crippen molar-refractivity contribution >= 4 is 11.8 Å². The minimum absolute atomic E-state index is 0.00588. The third-order valence-electron chi connectivity index (χ3n) is 6.44. The Hall–Kier alpha value is -1.96. The highest BCUT2D eigenvalue weighted by Crippen LogP contribution is 2.32. The molecule has 3 fully saturated rings. The van der Waals surface area contributed by atoms with Crippen LogP contribution in [0.4, 0.5) is 0 Å². The van der Waals surface area contributed by atoms with Gasteiger partial charge in [-0.3, -0.25) is 14.5 Å². The third kappa shape index (κ3) is 4.97. The topological polar surface area (TPSA) is 91.6 Å². The number of hydrogen-bond acceptors (Lipinski definition) is 6. The van der Waals surface area contributed by atoms with E-state index in [4.69, 9.17) is 4.52 Å². The van der Waals surface area contributed by atoms with Crippen LogP contribution in [-0.2, 0) is 16.1 Å². The molecule has 0 spiro atoms. The standard InChI is InChI=1S/C21H33N5O3/c1-14(2)20-23-18(24-29-20)12-22-19(27)16-4-3-9-26(13-16)17-7-10-25(11-8-17)21(28)15-5-6-15/h14-17H,3-13H2,1-2H3,(H,22,27). The van der Waals surface area contributed by atoms with Crippen molar-refractivity contribution in [3.63, 3.8) is 0 Å². The Kier molecular flexibility index (Phi) is 6.18. The van der Waals surface area contributed by atoms with Crippen LogP contribution in [0, 0.1) is 11.8 Å². The summed E-state index contributed by atoms with van der Waals surface area (Å²) in [6.07, 6.45) is 6.15. The number of aromatic nitrogens is 2. The molecule has 0 bridgehead atoms. The summed E-state index contributed by atoms with van der Waals surface area (Å²) in [5.74, 6) is 2.07. The number of rotatable bonds is 6. The van der Waals surface area contributed by atoms with Gasteiger partial charge in [-0.1, -0.05) is 19.0 Å². The largest absolute Gasteiger partial charge is 0.348 e. The lowest BCUT2D eigenvalue weighted by molar-refractivity contribution is -0.134. The second-order valence-electron chi connectivity index (χ2n) is 9.09. The van der Waals surface area contributed by atoms with Gasteiger partial charge in [-0.05, 0) is 45.1 Å². The van der Waals surface area contributed by atoms with E-state index in [0.717, 1.165) is 64.7 Å². The lowest BCUT2D eigenvalue weighted by Gasteiger charge is -2.42. The second kappa shape index (κ2) is 8.81. The first-order valence-electron chi connectivity index (χ1n) is 11.1. The molecule has 29 heavy (non-hydrogen) atoms. The molecule has 4 rings (SSSR count). The molecule has 3 heterocycles. The summed E-state index contributed by atoms with van der Waals surface area (Å²) in [6, 6.07) is 0.486. The van der Waals surface area contributed by atoms with Crippen LogP contribution in [0.15, 0.2) is 4.52 Å². The van der Waals surface area contributed by atoms with E-state index in [2.05, 4.69) is 25.3 Å². The zero-order chi connectivity index (χ0) is 20.4. The summed E-state index contributed by atoms with van der Waals surface area (Å²) in [5.41, 5.74) is 0. The smallest absolute Gasteiger partial charge is 0.229 e. The molecule has 3 aliphatic rings. The maximum absolute atomic E-state index is 12.7. The minimum atomic E-state index is 0.00588. The molecule has 2 saturated heterocycles. The molecule has 8 heteroatoms. The summed E-state index contributed by atoms with van der Waals surface area (Å²) in [4.78, 5) is 33.8. The van der Waals surface area contributed by atoms with E-state index in [1.165, 1.54) is 0 Å². The van der Waals surface area contributed by atoms with E-state index < -0.39 is 0 Å². The highest BCUT2D eigenvalue weighted by atomic mass is 16.5. The van der Waals surface area contributed by atoms with Crippen molar-refractivity contribution in [2.45, 2.75) is 70.9 Å². The molecule has 1 saturated carbocycles. The molecule has 2 aliphatic heterocycles. The van der Waals surface area contributed by atoms with Crippen molar-refractivity contribution < 1.29 is 14.1 Å². The second-order valence-corrected chi connectivity index (χ2v) is 9.09. The van der Waals surface area contributed by atoms with Gasteiger partial charge in [0.1, 0.15) is 0 Å². The van der Waals surface area contributed by atoms with E-state index in [1.54, 1.807) is 0 Å². The molecule has 1 aromatic rings. The van der Waals surface area contributed by atoms with Gasteiger partial charge in [0.25, 0.3) is 0 Å². The monoisotopic (exact) mass is 403 g/mol. The maximum atomic E-state index is 12.7. The molecule has 1 unspecified atom stereocenters. The predicted octanol–water partition coefficient (Wildman–Crippen LogP) is 1.92. The van der Waals surface area contributed by atoms with Crippen molar-refractivity contribution in [3.05, 3.63) is 11.7 Å². The third-order valence-corrected chi connectivity index (χ3v) is 6.44. The Morgan fingerprint density at radius 2 is 1.86 bits per heavy atom. The van der Waals surface area contributed by atoms with Gasteiger partial charge < -0.3 is 14.7 Å². The molecule has 0 radical (unpaired) electrons. The van der Waals surface area contributed by atoms with Crippen LogP contribution in [0.5, 0.6) is 0 Å². The van der Waals surface area contributed by atoms with Crippen LogP contribution in [0.2, 0.25) is 0 Å². The van der Waals surface area contributed by atoms with Crippen molar-refractivity contribution in [3.8, 4) is 0 Å². The number of amides is 2. The number of carbonyl (C=O) groups is 2. The molecular weight excluding hydrogens is 370 g/mol. The quantitative estimate of drug-likeness (QED) is 0.780. The first kappa shape index (κ1) is 20.3. The number of piperidine rings is 2. The van der Waals surface area contributed by atoms with E-state index in [0.29, 0.717) is 36.1 Å². The van der Waals surface area contributed by atoms with E-state index >= 15 is 0 Å². The van der Waals surface area contributed by atoms with Crippen LogP contribution in [0.3, 0.4) is 0 Å². The van der Waals surface area contributed by atoms with Crippen LogP contribution in [-0.4, -0.2) is 64.0 Å². The molecule has 1 N–H and O–H groups in total. The maximum Gasteiger partial charge on any atom is 0.229 e. The van der Waals surface area contributed by atoms with Gasteiger partial charge in [0.2, 0.25) is 17.7 Å². The fraction of sp³-hybridized carbons (Fsp3) is 0.810. The number of hydrogen-bond donors (Lipinski definition) is 1. The zero-order valence-corrected chi connectivity index (χ0v) is 17.6. The summed E-state index contributed by atoms with van der Waals surface area (Å²) >= 11 is 0. The van der Waals surface area contributed by atoms with Crippen LogP contribution < -0.4 is 5.32 Å². The number of likely N-dealkylation sites (tertiary alicyclic amines) is 2. The highest BCUT2D eigenvalue weighted by molar-refractivity contribution is 5.81. The summed E-state index contributed by atoms with van der Waals surface area (Å²) < 4.78 is 5.20. The van der Waals surface area contributed by atoms with Crippen molar-refractivity contribution in [1.29, 1.82) is 0 Å². The van der Waals surface area contributed by atoms with Gasteiger partial charge in [0, 0.05) is 37.5 Å². The summed E-state index contributed by atoms with van der Waals surface area (Å²) in [6.45, 7) is 7.89. The fourth-order valence-corrected chi connectivity index (χ4v) is 4.48. The average Bonchev–Trinajstić information content (AvgIpc) is 3.48. The normalized spacial score (nSPS) is 24.1. The first-order valence-corrected chi connectivity index (χ1v) is 11.1. The Bertz CT molecular complexity index is 722. The Labute approximate surface area is 172 Å². The van der Waals surface area contributed by atoms with Crippen LogP contribution >= 0.6 is 0 Å². The molecule has 0 aromatic carbocycles. The molecule has 1 aliphatic carbocycles. The van der Waals surface area contributed by atoms with Crippen molar-refractivity contribution in [2.75, 3.05) is 26.2 Å². The lowest BCUT2D eigenvalue weighted by Crippen LogP contribution is -2.51.